The van der Waals surface area contributed by atoms with Crippen molar-refractivity contribution < 1.29 is 4.74 Å². The summed E-state index contributed by atoms with van der Waals surface area (Å²) in [5.41, 5.74) is 2.61. The minimum absolute atomic E-state index is 0.588. The van der Waals surface area contributed by atoms with Crippen molar-refractivity contribution in [2.45, 2.75) is 45.2 Å². The number of nitrogens with zero attached hydrogens (tertiary/aromatic N) is 1. The average Bonchev–Trinajstić information content (AvgIpc) is 3.04. The highest BCUT2D eigenvalue weighted by molar-refractivity contribution is 5.61. The number of fused-ring (bicyclic) bond motifs is 1. The number of rotatable bonds is 4. The second-order valence-electron chi connectivity index (χ2n) is 5.90. The molecule has 0 amide bonds. The van der Waals surface area contributed by atoms with E-state index in [1.165, 1.54) is 30.6 Å². The predicted octanol–water partition coefficient (Wildman–Crippen LogP) is 2.91. The summed E-state index contributed by atoms with van der Waals surface area (Å²) in [6.07, 6.45) is 3.66. The molecular weight excluding hydrogens is 236 g/mol. The van der Waals surface area contributed by atoms with E-state index in [9.17, 15) is 0 Å². The molecule has 104 valence electrons. The molecule has 19 heavy (non-hydrogen) atoms. The van der Waals surface area contributed by atoms with E-state index in [1.807, 2.05) is 0 Å². The Morgan fingerprint density at radius 3 is 3.16 bits per heavy atom. The normalized spacial score (nSPS) is 22.6. The zero-order chi connectivity index (χ0) is 13.2. The van der Waals surface area contributed by atoms with Gasteiger partial charge < -0.3 is 10.1 Å². The molecule has 1 atom stereocenters. The number of anilines is 1. The van der Waals surface area contributed by atoms with Crippen molar-refractivity contribution in [3.05, 3.63) is 23.8 Å². The zero-order valence-electron chi connectivity index (χ0n) is 12.0. The molecule has 3 rings (SSSR count). The summed E-state index contributed by atoms with van der Waals surface area (Å²) in [5, 5.41) is 3.41. The van der Waals surface area contributed by atoms with Gasteiger partial charge in [-0.15, -0.1) is 0 Å². The summed E-state index contributed by atoms with van der Waals surface area (Å²) in [6.45, 7) is 7.65. The van der Waals surface area contributed by atoms with Gasteiger partial charge >= 0.3 is 0 Å². The zero-order valence-corrected chi connectivity index (χ0v) is 12.0. The van der Waals surface area contributed by atoms with Gasteiger partial charge in [-0.05, 0) is 51.8 Å². The highest BCUT2D eigenvalue weighted by Gasteiger charge is 2.27. The van der Waals surface area contributed by atoms with Crippen LogP contribution in [0.3, 0.4) is 0 Å². The van der Waals surface area contributed by atoms with E-state index in [2.05, 4.69) is 42.3 Å². The van der Waals surface area contributed by atoms with Gasteiger partial charge in [0, 0.05) is 29.9 Å². The third kappa shape index (κ3) is 2.57. The van der Waals surface area contributed by atoms with Crippen LogP contribution in [-0.2, 0) is 6.42 Å². The van der Waals surface area contributed by atoms with Crippen LogP contribution in [0.5, 0.6) is 5.75 Å². The Labute approximate surface area is 115 Å². The van der Waals surface area contributed by atoms with E-state index in [0.717, 1.165) is 25.3 Å². The smallest absolute Gasteiger partial charge is 0.124 e. The molecule has 0 aliphatic carbocycles. The monoisotopic (exact) mass is 260 g/mol. The SMILES string of the molecule is CC(C)N1CCCC1COc1cccc2c1CCN2. The largest absolute Gasteiger partial charge is 0.492 e. The highest BCUT2D eigenvalue weighted by Crippen LogP contribution is 2.31. The maximum Gasteiger partial charge on any atom is 0.124 e. The first-order chi connectivity index (χ1) is 9.25. The molecule has 1 saturated heterocycles. The van der Waals surface area contributed by atoms with Gasteiger partial charge in [-0.25, -0.2) is 0 Å². The molecule has 1 aromatic rings. The molecule has 1 N–H and O–H groups in total. The van der Waals surface area contributed by atoms with Gasteiger partial charge in [-0.3, -0.25) is 4.90 Å². The number of nitrogens with one attached hydrogen (secondary N) is 1. The number of likely N-dealkylation sites (tertiary alicyclic amines) is 1. The Morgan fingerprint density at radius 2 is 2.32 bits per heavy atom. The Bertz CT molecular complexity index is 444. The van der Waals surface area contributed by atoms with Crippen LogP contribution >= 0.6 is 0 Å². The number of ether oxygens (including phenoxy) is 1. The van der Waals surface area contributed by atoms with Crippen LogP contribution < -0.4 is 10.1 Å². The van der Waals surface area contributed by atoms with Crippen LogP contribution in [-0.4, -0.2) is 36.7 Å². The number of hydrogen-bond acceptors (Lipinski definition) is 3. The molecule has 1 fully saturated rings. The number of hydrogen-bond donors (Lipinski definition) is 1. The molecule has 0 bridgehead atoms. The van der Waals surface area contributed by atoms with Gasteiger partial charge in [0.05, 0.1) is 0 Å². The Morgan fingerprint density at radius 1 is 1.42 bits per heavy atom. The summed E-state index contributed by atoms with van der Waals surface area (Å²) >= 11 is 0. The molecule has 3 heteroatoms. The van der Waals surface area contributed by atoms with Crippen LogP contribution in [0.15, 0.2) is 18.2 Å². The maximum atomic E-state index is 6.13. The van der Waals surface area contributed by atoms with E-state index in [-0.39, 0.29) is 0 Å². The minimum atomic E-state index is 0.588. The van der Waals surface area contributed by atoms with E-state index in [0.29, 0.717) is 12.1 Å². The third-order valence-corrected chi connectivity index (χ3v) is 4.34. The van der Waals surface area contributed by atoms with Crippen molar-refractivity contribution >= 4 is 5.69 Å². The van der Waals surface area contributed by atoms with E-state index >= 15 is 0 Å². The van der Waals surface area contributed by atoms with Crippen LogP contribution in [0.4, 0.5) is 5.69 Å². The fraction of sp³-hybridized carbons (Fsp3) is 0.625. The van der Waals surface area contributed by atoms with Gasteiger partial charge in [-0.2, -0.15) is 0 Å². The molecule has 0 spiro atoms. The molecule has 0 saturated carbocycles. The molecule has 1 aromatic carbocycles. The topological polar surface area (TPSA) is 24.5 Å². The van der Waals surface area contributed by atoms with Crippen molar-refractivity contribution in [2.24, 2.45) is 0 Å². The summed E-state index contributed by atoms with van der Waals surface area (Å²) < 4.78 is 6.13. The average molecular weight is 260 g/mol. The molecule has 0 radical (unpaired) electrons. The van der Waals surface area contributed by atoms with Crippen LogP contribution in [0.25, 0.3) is 0 Å². The lowest BCUT2D eigenvalue weighted by atomic mass is 10.1. The molecule has 2 heterocycles. The second-order valence-corrected chi connectivity index (χ2v) is 5.90. The van der Waals surface area contributed by atoms with E-state index in [4.69, 9.17) is 4.74 Å². The lowest BCUT2D eigenvalue weighted by Gasteiger charge is -2.28. The van der Waals surface area contributed by atoms with Crippen LogP contribution in [0.2, 0.25) is 0 Å². The minimum Gasteiger partial charge on any atom is -0.492 e. The molecule has 0 aromatic heterocycles. The lowest BCUT2D eigenvalue weighted by molar-refractivity contribution is 0.144. The third-order valence-electron chi connectivity index (χ3n) is 4.34. The summed E-state index contributed by atoms with van der Waals surface area (Å²) in [4.78, 5) is 2.57. The van der Waals surface area contributed by atoms with Gasteiger partial charge in [0.15, 0.2) is 0 Å². The van der Waals surface area contributed by atoms with E-state index in [1.54, 1.807) is 0 Å². The first kappa shape index (κ1) is 12.8. The van der Waals surface area contributed by atoms with Crippen LogP contribution in [0, 0.1) is 0 Å². The van der Waals surface area contributed by atoms with Crippen molar-refractivity contribution in [3.63, 3.8) is 0 Å². The fourth-order valence-corrected chi connectivity index (χ4v) is 3.35. The molecular formula is C16H24N2O. The van der Waals surface area contributed by atoms with Crippen molar-refractivity contribution in [3.8, 4) is 5.75 Å². The maximum absolute atomic E-state index is 6.13. The lowest BCUT2D eigenvalue weighted by Crippen LogP contribution is -2.39. The highest BCUT2D eigenvalue weighted by atomic mass is 16.5. The molecule has 1 unspecified atom stereocenters. The Balaban J connectivity index is 1.65. The Hall–Kier alpha value is -1.22. The van der Waals surface area contributed by atoms with Crippen molar-refractivity contribution in [1.29, 1.82) is 0 Å². The summed E-state index contributed by atoms with van der Waals surface area (Å²) in [7, 11) is 0. The van der Waals surface area contributed by atoms with Gasteiger partial charge in [0.2, 0.25) is 0 Å². The summed E-state index contributed by atoms with van der Waals surface area (Å²) in [6, 6.07) is 7.55. The van der Waals surface area contributed by atoms with Gasteiger partial charge in [-0.1, -0.05) is 6.07 Å². The standard InChI is InChI=1S/C16H24N2O/c1-12(2)18-10-4-5-13(18)11-19-16-7-3-6-15-14(16)8-9-17-15/h3,6-7,12-13,17H,4-5,8-11H2,1-2H3. The van der Waals surface area contributed by atoms with Gasteiger partial charge in [0.25, 0.3) is 0 Å². The van der Waals surface area contributed by atoms with Crippen molar-refractivity contribution in [2.75, 3.05) is 25.0 Å². The molecule has 3 nitrogen and oxygen atoms in total. The van der Waals surface area contributed by atoms with Crippen molar-refractivity contribution in [1.82, 2.24) is 4.90 Å². The molecule has 2 aliphatic heterocycles. The fourth-order valence-electron chi connectivity index (χ4n) is 3.35. The first-order valence-corrected chi connectivity index (χ1v) is 7.50. The summed E-state index contributed by atoms with van der Waals surface area (Å²) in [5.74, 6) is 1.08. The van der Waals surface area contributed by atoms with Gasteiger partial charge in [0.1, 0.15) is 12.4 Å². The quantitative estimate of drug-likeness (QED) is 0.901. The first-order valence-electron chi connectivity index (χ1n) is 7.50. The van der Waals surface area contributed by atoms with Crippen LogP contribution in [0.1, 0.15) is 32.3 Å². The molecule has 2 aliphatic rings. The van der Waals surface area contributed by atoms with E-state index < -0.39 is 0 Å². The predicted molar refractivity (Wildman–Crippen MR) is 79.0 cm³/mol. The Kier molecular flexibility index (Phi) is 3.65. The second kappa shape index (κ2) is 5.41. The number of benzene rings is 1.